The second-order valence-electron chi connectivity index (χ2n) is 7.18. The van der Waals surface area contributed by atoms with Crippen molar-refractivity contribution in [1.82, 2.24) is 9.97 Å². The Kier molecular flexibility index (Phi) is 6.51. The molecule has 0 bridgehead atoms. The van der Waals surface area contributed by atoms with Crippen molar-refractivity contribution in [2.75, 3.05) is 4.72 Å². The third kappa shape index (κ3) is 5.29. The molecule has 1 atom stereocenters. The molecule has 0 radical (unpaired) electrons. The minimum absolute atomic E-state index is 0.0954. The summed E-state index contributed by atoms with van der Waals surface area (Å²) in [6.07, 6.45) is -7.42. The minimum atomic E-state index is -4.90. The third-order valence-corrected chi connectivity index (χ3v) is 6.60. The fraction of sp³-hybridized carbons (Fsp3) is 0.0870. The maximum absolute atomic E-state index is 14.0. The number of hydrogen-bond donors (Lipinski definition) is 1. The van der Waals surface area contributed by atoms with E-state index < -0.39 is 34.0 Å². The number of sulfonamides is 1. The van der Waals surface area contributed by atoms with Gasteiger partial charge in [-0.05, 0) is 36.4 Å². The molecule has 0 amide bonds. The molecule has 0 saturated heterocycles. The normalized spacial score (nSPS) is 12.7. The Morgan fingerprint density at radius 2 is 1.54 bits per heavy atom. The van der Waals surface area contributed by atoms with Crippen LogP contribution in [0.15, 0.2) is 77.7 Å². The predicted molar refractivity (Wildman–Crippen MR) is 122 cm³/mol. The maximum atomic E-state index is 14.0. The molecule has 1 heterocycles. The molecular weight excluding hydrogens is 505 g/mol. The average molecular weight is 519 g/mol. The van der Waals surface area contributed by atoms with E-state index in [1.54, 1.807) is 12.1 Å². The lowest BCUT2D eigenvalue weighted by Crippen LogP contribution is -2.27. The molecule has 4 rings (SSSR count). The highest BCUT2D eigenvalue weighted by atomic mass is 35.5. The maximum Gasteiger partial charge on any atom is 0.429 e. The SMILES string of the molecule is N#Cc1ccc(C(Oc2nc3ccccc3nc2NS(=O)(=O)c2ccccc2Cl)C(F)(F)F)cc1. The number of ether oxygens (including phenoxy) is 1. The number of nitrogens with one attached hydrogen (secondary N) is 1. The van der Waals surface area contributed by atoms with Crippen molar-refractivity contribution in [2.45, 2.75) is 17.2 Å². The van der Waals surface area contributed by atoms with Crippen molar-refractivity contribution < 1.29 is 26.3 Å². The topological polar surface area (TPSA) is 105 Å². The van der Waals surface area contributed by atoms with Gasteiger partial charge in [-0.25, -0.2) is 18.4 Å². The van der Waals surface area contributed by atoms with Crippen LogP contribution in [0.3, 0.4) is 0 Å². The number of nitriles is 1. The molecule has 1 unspecified atom stereocenters. The molecule has 0 fully saturated rings. The van der Waals surface area contributed by atoms with E-state index in [2.05, 4.69) is 14.7 Å². The van der Waals surface area contributed by atoms with Gasteiger partial charge in [-0.3, -0.25) is 4.72 Å². The fourth-order valence-electron chi connectivity index (χ4n) is 3.15. The number of hydrogen-bond acceptors (Lipinski definition) is 6. The van der Waals surface area contributed by atoms with Crippen molar-refractivity contribution in [3.8, 4) is 11.9 Å². The van der Waals surface area contributed by atoms with Gasteiger partial charge in [0.2, 0.25) is 11.9 Å². The van der Waals surface area contributed by atoms with Gasteiger partial charge in [0.05, 0.1) is 27.7 Å². The van der Waals surface area contributed by atoms with Crippen LogP contribution >= 0.6 is 11.6 Å². The Morgan fingerprint density at radius 3 is 2.14 bits per heavy atom. The molecule has 178 valence electrons. The zero-order chi connectivity index (χ0) is 25.2. The lowest BCUT2D eigenvalue weighted by molar-refractivity contribution is -0.198. The molecule has 3 aromatic carbocycles. The van der Waals surface area contributed by atoms with Crippen LogP contribution in [-0.4, -0.2) is 24.6 Å². The first-order valence-corrected chi connectivity index (χ1v) is 11.7. The molecule has 0 saturated carbocycles. The molecule has 0 aliphatic heterocycles. The number of alkyl halides is 3. The molecule has 35 heavy (non-hydrogen) atoms. The van der Waals surface area contributed by atoms with E-state index >= 15 is 0 Å². The summed E-state index contributed by atoms with van der Waals surface area (Å²) in [5.41, 5.74) is 0.252. The van der Waals surface area contributed by atoms with E-state index in [0.29, 0.717) is 0 Å². The number of anilines is 1. The molecule has 7 nitrogen and oxygen atoms in total. The number of benzene rings is 3. The first-order chi connectivity index (χ1) is 16.6. The Bertz CT molecular complexity index is 1540. The highest BCUT2D eigenvalue weighted by molar-refractivity contribution is 7.92. The van der Waals surface area contributed by atoms with E-state index in [9.17, 15) is 21.6 Å². The largest absolute Gasteiger partial charge is 0.457 e. The average Bonchev–Trinajstić information content (AvgIpc) is 2.82. The molecule has 12 heteroatoms. The summed E-state index contributed by atoms with van der Waals surface area (Å²) in [6.45, 7) is 0. The van der Waals surface area contributed by atoms with Gasteiger partial charge in [0.15, 0.2) is 0 Å². The summed E-state index contributed by atoms with van der Waals surface area (Å²) in [4.78, 5) is 7.93. The third-order valence-electron chi connectivity index (χ3n) is 4.77. The van der Waals surface area contributed by atoms with E-state index in [1.807, 2.05) is 6.07 Å². The molecule has 1 aromatic heterocycles. The van der Waals surface area contributed by atoms with E-state index in [4.69, 9.17) is 21.6 Å². The van der Waals surface area contributed by atoms with Crippen LogP contribution in [0.25, 0.3) is 11.0 Å². The van der Waals surface area contributed by atoms with Crippen LogP contribution in [0.2, 0.25) is 5.02 Å². The van der Waals surface area contributed by atoms with Crippen LogP contribution in [0.1, 0.15) is 17.2 Å². The fourth-order valence-corrected chi connectivity index (χ4v) is 4.67. The van der Waals surface area contributed by atoms with Gasteiger partial charge < -0.3 is 4.74 Å². The van der Waals surface area contributed by atoms with Gasteiger partial charge in [0, 0.05) is 5.56 Å². The Labute approximate surface area is 202 Å². The smallest absolute Gasteiger partial charge is 0.429 e. The van der Waals surface area contributed by atoms with Crippen molar-refractivity contribution in [1.29, 1.82) is 5.26 Å². The Balaban J connectivity index is 1.81. The molecular formula is C23H14ClF3N4O3S. The van der Waals surface area contributed by atoms with Crippen LogP contribution in [0.5, 0.6) is 5.88 Å². The second kappa shape index (κ2) is 9.40. The lowest BCUT2D eigenvalue weighted by atomic mass is 10.1. The summed E-state index contributed by atoms with van der Waals surface area (Å²) in [5, 5.41) is 8.83. The number of aromatic nitrogens is 2. The van der Waals surface area contributed by atoms with Crippen molar-refractivity contribution in [3.05, 3.63) is 88.9 Å². The summed E-state index contributed by atoms with van der Waals surface area (Å²) in [6, 6.07) is 18.2. The summed E-state index contributed by atoms with van der Waals surface area (Å²) < 4.78 is 75.3. The van der Waals surface area contributed by atoms with Crippen molar-refractivity contribution >= 4 is 38.5 Å². The monoisotopic (exact) mass is 518 g/mol. The van der Waals surface area contributed by atoms with E-state index in [1.165, 1.54) is 48.5 Å². The summed E-state index contributed by atoms with van der Waals surface area (Å²) >= 11 is 6.00. The number of fused-ring (bicyclic) bond motifs is 1. The first-order valence-electron chi connectivity index (χ1n) is 9.86. The Hall–Kier alpha value is -3.88. The standard InChI is InChI=1S/C23H14ClF3N4O3S/c24-16-5-1-4-8-19(16)35(32,33)31-21-22(30-18-7-3-2-6-17(18)29-21)34-20(23(25,26)27)15-11-9-14(13-28)10-12-15/h1-12,20H,(H,29,31). The van der Waals surface area contributed by atoms with Crippen molar-refractivity contribution in [2.24, 2.45) is 0 Å². The minimum Gasteiger partial charge on any atom is -0.457 e. The van der Waals surface area contributed by atoms with Gasteiger partial charge in [-0.1, -0.05) is 48.0 Å². The molecule has 0 spiro atoms. The zero-order valence-electron chi connectivity index (χ0n) is 17.5. The lowest BCUT2D eigenvalue weighted by Gasteiger charge is -2.23. The second-order valence-corrected chi connectivity index (χ2v) is 9.23. The highest BCUT2D eigenvalue weighted by Gasteiger charge is 2.44. The van der Waals surface area contributed by atoms with E-state index in [-0.39, 0.29) is 32.1 Å². The van der Waals surface area contributed by atoms with E-state index in [0.717, 1.165) is 12.1 Å². The number of halogens is 4. The number of para-hydroxylation sites is 2. The van der Waals surface area contributed by atoms with Crippen LogP contribution in [-0.2, 0) is 10.0 Å². The summed E-state index contributed by atoms with van der Waals surface area (Å²) in [7, 11) is -4.36. The molecule has 0 aliphatic rings. The molecule has 0 aliphatic carbocycles. The quantitative estimate of drug-likeness (QED) is 0.354. The van der Waals surface area contributed by atoms with Gasteiger partial charge in [0.25, 0.3) is 15.9 Å². The predicted octanol–water partition coefficient (Wildman–Crippen LogP) is 5.64. The number of nitrogens with zero attached hydrogens (tertiary/aromatic N) is 3. The van der Waals surface area contributed by atoms with Crippen molar-refractivity contribution in [3.63, 3.8) is 0 Å². The molecule has 1 N–H and O–H groups in total. The zero-order valence-corrected chi connectivity index (χ0v) is 19.1. The van der Waals surface area contributed by atoms with Crippen LogP contribution in [0.4, 0.5) is 19.0 Å². The van der Waals surface area contributed by atoms with Crippen LogP contribution in [0, 0.1) is 11.3 Å². The van der Waals surface area contributed by atoms with Gasteiger partial charge in [-0.2, -0.15) is 18.4 Å². The molecule has 4 aromatic rings. The number of rotatable bonds is 6. The summed E-state index contributed by atoms with van der Waals surface area (Å²) in [5.74, 6) is -1.24. The van der Waals surface area contributed by atoms with Gasteiger partial charge >= 0.3 is 6.18 Å². The first kappa shape index (κ1) is 24.3. The van der Waals surface area contributed by atoms with Crippen LogP contribution < -0.4 is 9.46 Å². The van der Waals surface area contributed by atoms with Gasteiger partial charge in [0.1, 0.15) is 4.90 Å². The van der Waals surface area contributed by atoms with Gasteiger partial charge in [-0.15, -0.1) is 0 Å². The highest BCUT2D eigenvalue weighted by Crippen LogP contribution is 2.39. The Morgan fingerprint density at radius 1 is 0.943 bits per heavy atom.